The van der Waals surface area contributed by atoms with Gasteiger partial charge in [0.15, 0.2) is 0 Å². The van der Waals surface area contributed by atoms with Gasteiger partial charge in [0, 0.05) is 19.0 Å². The molecule has 2 unspecified atom stereocenters. The minimum atomic E-state index is -0.539. The summed E-state index contributed by atoms with van der Waals surface area (Å²) in [5.74, 6) is 3.44. The maximum atomic E-state index is 9.92. The number of benzene rings is 1. The van der Waals surface area contributed by atoms with E-state index in [1.807, 2.05) is 26.0 Å². The first-order valence-electron chi connectivity index (χ1n) is 7.11. The molecule has 0 aliphatic rings. The van der Waals surface area contributed by atoms with Gasteiger partial charge >= 0.3 is 0 Å². The molecule has 0 amide bonds. The highest BCUT2D eigenvalue weighted by Crippen LogP contribution is 2.16. The Morgan fingerprint density at radius 3 is 2.50 bits per heavy atom. The standard InChI is InChI=1S/C17H25NO2/c1-5-7-15(6-2)18-11-16(19)12-20-17-9-13(3)8-14(4)10-17/h1,8-10,15-16,18-19H,6-7,11-12H2,2-4H3. The summed E-state index contributed by atoms with van der Waals surface area (Å²) in [6.45, 7) is 6.91. The molecule has 0 aliphatic carbocycles. The van der Waals surface area contributed by atoms with Gasteiger partial charge < -0.3 is 15.2 Å². The van der Waals surface area contributed by atoms with Crippen LogP contribution in [-0.2, 0) is 0 Å². The highest BCUT2D eigenvalue weighted by atomic mass is 16.5. The number of aliphatic hydroxyl groups excluding tert-OH is 1. The van der Waals surface area contributed by atoms with Gasteiger partial charge in [-0.25, -0.2) is 0 Å². The second kappa shape index (κ2) is 8.63. The summed E-state index contributed by atoms with van der Waals surface area (Å²) < 4.78 is 5.63. The lowest BCUT2D eigenvalue weighted by atomic mass is 10.1. The third kappa shape index (κ3) is 6.10. The Morgan fingerprint density at radius 1 is 1.30 bits per heavy atom. The largest absolute Gasteiger partial charge is 0.491 e. The van der Waals surface area contributed by atoms with E-state index in [1.165, 1.54) is 0 Å². The number of aryl methyl sites for hydroxylation is 2. The van der Waals surface area contributed by atoms with E-state index in [9.17, 15) is 5.11 Å². The maximum Gasteiger partial charge on any atom is 0.119 e. The molecule has 1 rings (SSSR count). The van der Waals surface area contributed by atoms with Crippen LogP contribution >= 0.6 is 0 Å². The molecule has 0 saturated heterocycles. The van der Waals surface area contributed by atoms with E-state index in [4.69, 9.17) is 11.2 Å². The average Bonchev–Trinajstić information content (AvgIpc) is 2.40. The minimum Gasteiger partial charge on any atom is -0.491 e. The average molecular weight is 275 g/mol. The Hall–Kier alpha value is -1.50. The van der Waals surface area contributed by atoms with Crippen LogP contribution in [0.25, 0.3) is 0 Å². The molecule has 3 heteroatoms. The number of ether oxygens (including phenoxy) is 1. The molecule has 0 aliphatic heterocycles. The molecule has 0 bridgehead atoms. The van der Waals surface area contributed by atoms with Crippen molar-refractivity contribution < 1.29 is 9.84 Å². The lowest BCUT2D eigenvalue weighted by molar-refractivity contribution is 0.103. The van der Waals surface area contributed by atoms with Crippen LogP contribution in [0.1, 0.15) is 30.9 Å². The third-order valence-corrected chi connectivity index (χ3v) is 3.14. The normalized spacial score (nSPS) is 13.6. The summed E-state index contributed by atoms with van der Waals surface area (Å²) in [6.07, 6.45) is 6.39. The number of nitrogens with one attached hydrogen (secondary N) is 1. The molecule has 0 spiro atoms. The monoisotopic (exact) mass is 275 g/mol. The summed E-state index contributed by atoms with van der Waals surface area (Å²) >= 11 is 0. The summed E-state index contributed by atoms with van der Waals surface area (Å²) in [7, 11) is 0. The first kappa shape index (κ1) is 16.6. The molecule has 0 fully saturated rings. The van der Waals surface area contributed by atoms with Crippen molar-refractivity contribution in [3.05, 3.63) is 29.3 Å². The van der Waals surface area contributed by atoms with E-state index < -0.39 is 6.10 Å². The van der Waals surface area contributed by atoms with Gasteiger partial charge in [0.1, 0.15) is 18.5 Å². The van der Waals surface area contributed by atoms with Crippen molar-refractivity contribution in [2.24, 2.45) is 0 Å². The zero-order valence-corrected chi connectivity index (χ0v) is 12.6. The highest BCUT2D eigenvalue weighted by molar-refractivity contribution is 5.32. The first-order chi connectivity index (χ1) is 9.55. The van der Waals surface area contributed by atoms with E-state index in [0.29, 0.717) is 13.0 Å². The first-order valence-corrected chi connectivity index (χ1v) is 7.11. The van der Waals surface area contributed by atoms with Gasteiger partial charge in [0.05, 0.1) is 0 Å². The number of rotatable bonds is 8. The molecule has 3 nitrogen and oxygen atoms in total. The molecule has 2 N–H and O–H groups in total. The SMILES string of the molecule is C#CCC(CC)NCC(O)COc1cc(C)cc(C)c1. The second-order valence-electron chi connectivity index (χ2n) is 5.21. The van der Waals surface area contributed by atoms with Crippen molar-refractivity contribution in [1.82, 2.24) is 5.32 Å². The Kier molecular flexibility index (Phi) is 7.14. The molecule has 0 heterocycles. The predicted octanol–water partition coefficient (Wildman–Crippen LogP) is 2.43. The van der Waals surface area contributed by atoms with E-state index in [0.717, 1.165) is 23.3 Å². The molecule has 2 atom stereocenters. The van der Waals surface area contributed by atoms with Crippen LogP contribution in [0.4, 0.5) is 0 Å². The fourth-order valence-electron chi connectivity index (χ4n) is 2.07. The van der Waals surface area contributed by atoms with Crippen LogP contribution in [0.2, 0.25) is 0 Å². The molecule has 110 valence electrons. The van der Waals surface area contributed by atoms with E-state index in [1.54, 1.807) is 0 Å². The fraction of sp³-hybridized carbons (Fsp3) is 0.529. The van der Waals surface area contributed by atoms with Crippen LogP contribution < -0.4 is 10.1 Å². The number of terminal acetylenes is 1. The van der Waals surface area contributed by atoms with Gasteiger partial charge in [0.2, 0.25) is 0 Å². The van der Waals surface area contributed by atoms with Crippen LogP contribution in [0.15, 0.2) is 18.2 Å². The number of hydrogen-bond acceptors (Lipinski definition) is 3. The zero-order chi connectivity index (χ0) is 15.0. The topological polar surface area (TPSA) is 41.5 Å². The maximum absolute atomic E-state index is 9.92. The van der Waals surface area contributed by atoms with Crippen LogP contribution in [0.5, 0.6) is 5.75 Å². The molecule has 1 aromatic carbocycles. The Bertz CT molecular complexity index is 431. The zero-order valence-electron chi connectivity index (χ0n) is 12.6. The molecular weight excluding hydrogens is 250 g/mol. The van der Waals surface area contributed by atoms with Crippen LogP contribution in [0, 0.1) is 26.2 Å². The highest BCUT2D eigenvalue weighted by Gasteiger charge is 2.09. The quantitative estimate of drug-likeness (QED) is 0.716. The van der Waals surface area contributed by atoms with Crippen LogP contribution in [-0.4, -0.2) is 30.4 Å². The van der Waals surface area contributed by atoms with Crippen molar-refractivity contribution in [1.29, 1.82) is 0 Å². The Labute approximate surface area is 122 Å². The lowest BCUT2D eigenvalue weighted by Crippen LogP contribution is -2.37. The molecule has 0 saturated carbocycles. The van der Waals surface area contributed by atoms with Crippen molar-refractivity contribution >= 4 is 0 Å². The Balaban J connectivity index is 2.36. The summed E-state index contributed by atoms with van der Waals surface area (Å²) in [5, 5.41) is 13.2. The van der Waals surface area contributed by atoms with E-state index >= 15 is 0 Å². The predicted molar refractivity (Wildman–Crippen MR) is 82.9 cm³/mol. The third-order valence-electron chi connectivity index (χ3n) is 3.14. The van der Waals surface area contributed by atoms with Gasteiger partial charge in [-0.3, -0.25) is 0 Å². The summed E-state index contributed by atoms with van der Waals surface area (Å²) in [5.41, 5.74) is 2.32. The molecule has 0 radical (unpaired) electrons. The van der Waals surface area contributed by atoms with Crippen LogP contribution in [0.3, 0.4) is 0 Å². The second-order valence-corrected chi connectivity index (χ2v) is 5.21. The Morgan fingerprint density at radius 2 is 1.95 bits per heavy atom. The van der Waals surface area contributed by atoms with Crippen molar-refractivity contribution in [2.45, 2.75) is 45.8 Å². The molecule has 20 heavy (non-hydrogen) atoms. The lowest BCUT2D eigenvalue weighted by Gasteiger charge is -2.18. The summed E-state index contributed by atoms with van der Waals surface area (Å²) in [6, 6.07) is 6.30. The van der Waals surface area contributed by atoms with E-state index in [-0.39, 0.29) is 12.6 Å². The molecule has 1 aromatic rings. The fourth-order valence-corrected chi connectivity index (χ4v) is 2.07. The van der Waals surface area contributed by atoms with Gasteiger partial charge in [0.25, 0.3) is 0 Å². The number of hydrogen-bond donors (Lipinski definition) is 2. The van der Waals surface area contributed by atoms with Gasteiger partial charge in [-0.15, -0.1) is 12.3 Å². The van der Waals surface area contributed by atoms with Crippen molar-refractivity contribution in [3.63, 3.8) is 0 Å². The van der Waals surface area contributed by atoms with Gasteiger partial charge in [-0.05, 0) is 43.5 Å². The van der Waals surface area contributed by atoms with Gasteiger partial charge in [-0.2, -0.15) is 0 Å². The molecule has 0 aromatic heterocycles. The number of aliphatic hydroxyl groups is 1. The summed E-state index contributed by atoms with van der Waals surface area (Å²) in [4.78, 5) is 0. The van der Waals surface area contributed by atoms with Crippen molar-refractivity contribution in [2.75, 3.05) is 13.2 Å². The molecular formula is C17H25NO2. The van der Waals surface area contributed by atoms with Gasteiger partial charge in [-0.1, -0.05) is 13.0 Å². The minimum absolute atomic E-state index is 0.260. The smallest absolute Gasteiger partial charge is 0.119 e. The van der Waals surface area contributed by atoms with E-state index in [2.05, 4.69) is 24.2 Å². The van der Waals surface area contributed by atoms with Crippen molar-refractivity contribution in [3.8, 4) is 18.1 Å².